The summed E-state index contributed by atoms with van der Waals surface area (Å²) in [6.07, 6.45) is 0.925. The van der Waals surface area contributed by atoms with Gasteiger partial charge in [0.25, 0.3) is 0 Å². The third-order valence-corrected chi connectivity index (χ3v) is 1.97. The van der Waals surface area contributed by atoms with Gasteiger partial charge in [-0.15, -0.1) is 11.6 Å². The molecule has 0 bridgehead atoms. The van der Waals surface area contributed by atoms with Crippen LogP contribution in [0.2, 0.25) is 0 Å². The van der Waals surface area contributed by atoms with E-state index in [4.69, 9.17) is 11.6 Å². The summed E-state index contributed by atoms with van der Waals surface area (Å²) in [6.45, 7) is 6.65. The molecule has 0 fully saturated rings. The highest BCUT2D eigenvalue weighted by molar-refractivity contribution is 6.20. The highest BCUT2D eigenvalue weighted by Crippen LogP contribution is 2.07. The van der Waals surface area contributed by atoms with Crippen LogP contribution in [0.1, 0.15) is 25.4 Å². The first-order chi connectivity index (χ1) is 6.61. The summed E-state index contributed by atoms with van der Waals surface area (Å²) in [4.78, 5) is 8.57. The van der Waals surface area contributed by atoms with Crippen LogP contribution in [0.5, 0.6) is 0 Å². The Hall–Kier alpha value is -0.830. The van der Waals surface area contributed by atoms with Gasteiger partial charge in [0, 0.05) is 23.7 Å². The normalized spacial score (nSPS) is 12.6. The lowest BCUT2D eigenvalue weighted by Crippen LogP contribution is -2.12. The Labute approximate surface area is 89.9 Å². The van der Waals surface area contributed by atoms with Gasteiger partial charge in [-0.2, -0.15) is 0 Å². The minimum Gasteiger partial charge on any atom is -0.368 e. The number of aromatic nitrogens is 2. The van der Waals surface area contributed by atoms with Crippen LogP contribution in [0.25, 0.3) is 0 Å². The minimum absolute atomic E-state index is 0.107. The summed E-state index contributed by atoms with van der Waals surface area (Å²) in [5, 5.41) is 3.28. The molecule has 0 aliphatic rings. The molecular weight excluding hydrogens is 198 g/mol. The van der Waals surface area contributed by atoms with Crippen LogP contribution in [0.3, 0.4) is 0 Å². The number of alkyl halides is 1. The van der Waals surface area contributed by atoms with Crippen molar-refractivity contribution in [3.05, 3.63) is 17.6 Å². The Morgan fingerprint density at radius 2 is 2.21 bits per heavy atom. The number of hydrogen-bond acceptors (Lipinski definition) is 3. The molecule has 1 N–H and O–H groups in total. The molecule has 1 heterocycles. The van der Waals surface area contributed by atoms with Gasteiger partial charge in [0.2, 0.25) is 0 Å². The molecule has 0 amide bonds. The van der Waals surface area contributed by atoms with E-state index in [0.717, 1.165) is 30.3 Å². The van der Waals surface area contributed by atoms with Crippen molar-refractivity contribution < 1.29 is 0 Å². The molecule has 1 atom stereocenters. The van der Waals surface area contributed by atoms with E-state index in [1.54, 1.807) is 0 Å². The van der Waals surface area contributed by atoms with E-state index < -0.39 is 0 Å². The topological polar surface area (TPSA) is 37.8 Å². The molecule has 0 saturated heterocycles. The van der Waals surface area contributed by atoms with Crippen molar-refractivity contribution in [2.24, 2.45) is 0 Å². The molecule has 78 valence electrons. The summed E-state index contributed by atoms with van der Waals surface area (Å²) >= 11 is 5.84. The standard InChI is InChI=1S/C10H16ClN3/c1-4-9-5-10(12-6-7(2)11)14-8(3)13-9/h5,7H,4,6H2,1-3H3,(H,12,13,14). The summed E-state index contributed by atoms with van der Waals surface area (Å²) in [5.74, 6) is 1.66. The van der Waals surface area contributed by atoms with Gasteiger partial charge in [0.05, 0.1) is 0 Å². The fraction of sp³-hybridized carbons (Fsp3) is 0.600. The Balaban J connectivity index is 2.71. The summed E-state index contributed by atoms with van der Waals surface area (Å²) in [7, 11) is 0. The zero-order valence-electron chi connectivity index (χ0n) is 8.84. The second kappa shape index (κ2) is 5.15. The lowest BCUT2D eigenvalue weighted by Gasteiger charge is -2.08. The van der Waals surface area contributed by atoms with E-state index in [9.17, 15) is 0 Å². The monoisotopic (exact) mass is 213 g/mol. The van der Waals surface area contributed by atoms with Gasteiger partial charge in [-0.05, 0) is 20.3 Å². The van der Waals surface area contributed by atoms with Gasteiger partial charge in [-0.25, -0.2) is 9.97 Å². The Kier molecular flexibility index (Phi) is 4.14. The molecule has 14 heavy (non-hydrogen) atoms. The predicted octanol–water partition coefficient (Wildman–Crippen LogP) is 2.39. The minimum atomic E-state index is 0.107. The maximum atomic E-state index is 5.84. The van der Waals surface area contributed by atoms with Crippen LogP contribution >= 0.6 is 11.6 Å². The molecule has 1 aromatic heterocycles. The van der Waals surface area contributed by atoms with Gasteiger partial charge in [0.1, 0.15) is 11.6 Å². The number of rotatable bonds is 4. The molecular formula is C10H16ClN3. The van der Waals surface area contributed by atoms with Crippen LogP contribution in [0, 0.1) is 6.92 Å². The fourth-order valence-electron chi connectivity index (χ4n) is 1.15. The van der Waals surface area contributed by atoms with Gasteiger partial charge in [-0.1, -0.05) is 6.92 Å². The first kappa shape index (κ1) is 11.2. The third-order valence-electron chi connectivity index (χ3n) is 1.82. The zero-order chi connectivity index (χ0) is 10.6. The fourth-order valence-corrected chi connectivity index (χ4v) is 1.22. The van der Waals surface area contributed by atoms with Crippen LogP contribution in [0.4, 0.5) is 5.82 Å². The molecule has 3 nitrogen and oxygen atoms in total. The van der Waals surface area contributed by atoms with Gasteiger partial charge >= 0.3 is 0 Å². The molecule has 0 aliphatic heterocycles. The number of hydrogen-bond donors (Lipinski definition) is 1. The average Bonchev–Trinajstić information content (AvgIpc) is 2.14. The molecule has 0 radical (unpaired) electrons. The number of nitrogens with one attached hydrogen (secondary N) is 1. The van der Waals surface area contributed by atoms with Crippen LogP contribution in [0.15, 0.2) is 6.07 Å². The van der Waals surface area contributed by atoms with E-state index in [0.29, 0.717) is 0 Å². The van der Waals surface area contributed by atoms with Crippen molar-refractivity contribution in [1.82, 2.24) is 9.97 Å². The molecule has 0 spiro atoms. The Morgan fingerprint density at radius 1 is 1.50 bits per heavy atom. The lowest BCUT2D eigenvalue weighted by molar-refractivity contribution is 0.925. The van der Waals surface area contributed by atoms with Crippen molar-refractivity contribution >= 4 is 17.4 Å². The quantitative estimate of drug-likeness (QED) is 0.781. The van der Waals surface area contributed by atoms with Crippen LogP contribution in [-0.4, -0.2) is 21.9 Å². The van der Waals surface area contributed by atoms with E-state index in [1.807, 2.05) is 19.9 Å². The van der Waals surface area contributed by atoms with Crippen molar-refractivity contribution in [2.75, 3.05) is 11.9 Å². The maximum absolute atomic E-state index is 5.84. The SMILES string of the molecule is CCc1cc(NCC(C)Cl)nc(C)n1. The van der Waals surface area contributed by atoms with E-state index in [1.165, 1.54) is 0 Å². The van der Waals surface area contributed by atoms with E-state index in [2.05, 4.69) is 22.2 Å². The summed E-state index contributed by atoms with van der Waals surface area (Å²) < 4.78 is 0. The van der Waals surface area contributed by atoms with E-state index >= 15 is 0 Å². The lowest BCUT2D eigenvalue weighted by atomic mass is 10.3. The highest BCUT2D eigenvalue weighted by Gasteiger charge is 2.01. The Bertz CT molecular complexity index is 299. The average molecular weight is 214 g/mol. The molecule has 0 aromatic carbocycles. The number of halogens is 1. The molecule has 1 rings (SSSR count). The molecule has 1 aromatic rings. The Morgan fingerprint density at radius 3 is 2.79 bits per heavy atom. The van der Waals surface area contributed by atoms with Crippen molar-refractivity contribution in [1.29, 1.82) is 0 Å². The number of aryl methyl sites for hydroxylation is 2. The van der Waals surface area contributed by atoms with Crippen LogP contribution < -0.4 is 5.32 Å². The summed E-state index contributed by atoms with van der Waals surface area (Å²) in [6, 6.07) is 1.96. The molecule has 0 aliphatic carbocycles. The predicted molar refractivity (Wildman–Crippen MR) is 60.0 cm³/mol. The summed E-state index contributed by atoms with van der Waals surface area (Å²) in [5.41, 5.74) is 1.06. The molecule has 0 saturated carbocycles. The molecule has 1 unspecified atom stereocenters. The van der Waals surface area contributed by atoms with Crippen molar-refractivity contribution in [3.63, 3.8) is 0 Å². The second-order valence-electron chi connectivity index (χ2n) is 3.31. The third kappa shape index (κ3) is 3.50. The van der Waals surface area contributed by atoms with Crippen LogP contribution in [-0.2, 0) is 6.42 Å². The first-order valence-corrected chi connectivity index (χ1v) is 5.28. The number of anilines is 1. The van der Waals surface area contributed by atoms with Gasteiger partial charge < -0.3 is 5.32 Å². The second-order valence-corrected chi connectivity index (χ2v) is 4.05. The molecule has 4 heteroatoms. The van der Waals surface area contributed by atoms with Crippen molar-refractivity contribution in [2.45, 2.75) is 32.6 Å². The zero-order valence-corrected chi connectivity index (χ0v) is 9.60. The van der Waals surface area contributed by atoms with Gasteiger partial charge in [0.15, 0.2) is 0 Å². The largest absolute Gasteiger partial charge is 0.368 e. The smallest absolute Gasteiger partial charge is 0.129 e. The highest BCUT2D eigenvalue weighted by atomic mass is 35.5. The number of nitrogens with zero attached hydrogens (tertiary/aromatic N) is 2. The van der Waals surface area contributed by atoms with E-state index in [-0.39, 0.29) is 5.38 Å². The maximum Gasteiger partial charge on any atom is 0.129 e. The first-order valence-electron chi connectivity index (χ1n) is 4.84. The van der Waals surface area contributed by atoms with Gasteiger partial charge in [-0.3, -0.25) is 0 Å². The van der Waals surface area contributed by atoms with Crippen molar-refractivity contribution in [3.8, 4) is 0 Å².